The van der Waals surface area contributed by atoms with E-state index < -0.39 is 11.6 Å². The SMILES string of the molecule is N#Cc1cc(N2CC[C@](c3cc(Cl)cc(Cl)c3)(C(F)(F)F)C2)ccc1-n1cncn1. The van der Waals surface area contributed by atoms with Gasteiger partial charge in [0.15, 0.2) is 0 Å². The van der Waals surface area contributed by atoms with Crippen molar-refractivity contribution in [2.45, 2.75) is 18.0 Å². The predicted molar refractivity (Wildman–Crippen MR) is 107 cm³/mol. The van der Waals surface area contributed by atoms with Gasteiger partial charge in [0.2, 0.25) is 0 Å². The second-order valence-electron chi connectivity index (χ2n) is 7.06. The molecular weight excluding hydrogens is 438 g/mol. The molecule has 2 heterocycles. The maximum absolute atomic E-state index is 14.3. The lowest BCUT2D eigenvalue weighted by molar-refractivity contribution is -0.184. The molecule has 0 aliphatic carbocycles. The maximum Gasteiger partial charge on any atom is 0.400 e. The molecule has 2 aromatic carbocycles. The molecule has 4 rings (SSSR count). The van der Waals surface area contributed by atoms with E-state index in [2.05, 4.69) is 16.2 Å². The molecule has 10 heteroatoms. The van der Waals surface area contributed by atoms with E-state index in [1.165, 1.54) is 35.5 Å². The van der Waals surface area contributed by atoms with Gasteiger partial charge in [-0.05, 0) is 48.4 Å². The van der Waals surface area contributed by atoms with Gasteiger partial charge in [0.05, 0.1) is 11.3 Å². The number of hydrogen-bond acceptors (Lipinski definition) is 4. The second kappa shape index (κ2) is 7.49. The molecule has 30 heavy (non-hydrogen) atoms. The highest BCUT2D eigenvalue weighted by Gasteiger charge is 2.59. The van der Waals surface area contributed by atoms with Gasteiger partial charge in [-0.3, -0.25) is 0 Å². The highest BCUT2D eigenvalue weighted by atomic mass is 35.5. The Morgan fingerprint density at radius 2 is 1.83 bits per heavy atom. The van der Waals surface area contributed by atoms with Crippen molar-refractivity contribution in [3.05, 3.63) is 70.2 Å². The van der Waals surface area contributed by atoms with Crippen LogP contribution in [0.15, 0.2) is 49.1 Å². The van der Waals surface area contributed by atoms with Gasteiger partial charge in [-0.2, -0.15) is 23.5 Å². The lowest BCUT2D eigenvalue weighted by atomic mass is 9.79. The number of alkyl halides is 3. The van der Waals surface area contributed by atoms with Crippen LogP contribution in [0.4, 0.5) is 18.9 Å². The number of nitrogens with zero attached hydrogens (tertiary/aromatic N) is 5. The zero-order chi connectivity index (χ0) is 21.5. The molecule has 0 spiro atoms. The van der Waals surface area contributed by atoms with Crippen molar-refractivity contribution in [2.24, 2.45) is 0 Å². The lowest BCUT2D eigenvalue weighted by Crippen LogP contribution is -2.44. The Hall–Kier alpha value is -2.76. The summed E-state index contributed by atoms with van der Waals surface area (Å²) in [7, 11) is 0. The largest absolute Gasteiger partial charge is 0.400 e. The van der Waals surface area contributed by atoms with Crippen LogP contribution in [0.3, 0.4) is 0 Å². The highest BCUT2D eigenvalue weighted by Crippen LogP contribution is 2.49. The van der Waals surface area contributed by atoms with Crippen molar-refractivity contribution < 1.29 is 13.2 Å². The molecule has 154 valence electrons. The monoisotopic (exact) mass is 451 g/mol. The van der Waals surface area contributed by atoms with Crippen molar-refractivity contribution >= 4 is 28.9 Å². The van der Waals surface area contributed by atoms with Crippen LogP contribution in [0.25, 0.3) is 5.69 Å². The molecule has 1 saturated heterocycles. The first-order valence-electron chi connectivity index (χ1n) is 8.91. The van der Waals surface area contributed by atoms with E-state index in [0.29, 0.717) is 11.4 Å². The van der Waals surface area contributed by atoms with Gasteiger partial charge in [-0.25, -0.2) is 9.67 Å². The van der Waals surface area contributed by atoms with E-state index in [0.717, 1.165) is 0 Å². The Morgan fingerprint density at radius 1 is 1.10 bits per heavy atom. The fraction of sp³-hybridized carbons (Fsp3) is 0.250. The average Bonchev–Trinajstić information content (AvgIpc) is 3.37. The first-order chi connectivity index (χ1) is 14.2. The second-order valence-corrected chi connectivity index (χ2v) is 7.94. The molecule has 0 unspecified atom stereocenters. The van der Waals surface area contributed by atoms with Gasteiger partial charge in [0.1, 0.15) is 24.1 Å². The van der Waals surface area contributed by atoms with Gasteiger partial charge in [-0.1, -0.05) is 23.2 Å². The van der Waals surface area contributed by atoms with Crippen LogP contribution in [0.5, 0.6) is 0 Å². The molecule has 1 aromatic heterocycles. The average molecular weight is 452 g/mol. The minimum absolute atomic E-state index is 0.0368. The third-order valence-electron chi connectivity index (χ3n) is 5.36. The maximum atomic E-state index is 14.3. The Labute approximate surface area is 180 Å². The first-order valence-corrected chi connectivity index (χ1v) is 9.66. The fourth-order valence-electron chi connectivity index (χ4n) is 3.83. The number of halogens is 5. The Bertz CT molecular complexity index is 1100. The van der Waals surface area contributed by atoms with E-state index >= 15 is 0 Å². The topological polar surface area (TPSA) is 57.7 Å². The molecular formula is C20H14Cl2F3N5. The smallest absolute Gasteiger partial charge is 0.370 e. The zero-order valence-electron chi connectivity index (χ0n) is 15.4. The van der Waals surface area contributed by atoms with Crippen molar-refractivity contribution in [1.82, 2.24) is 14.8 Å². The Kier molecular flexibility index (Phi) is 5.12. The van der Waals surface area contributed by atoms with Crippen LogP contribution in [-0.2, 0) is 5.41 Å². The normalized spacial score (nSPS) is 19.1. The van der Waals surface area contributed by atoms with Gasteiger partial charge in [-0.15, -0.1) is 0 Å². The van der Waals surface area contributed by atoms with Gasteiger partial charge in [0, 0.05) is 28.8 Å². The Morgan fingerprint density at radius 3 is 2.43 bits per heavy atom. The number of aromatic nitrogens is 3. The molecule has 1 aliphatic rings. The van der Waals surface area contributed by atoms with E-state index in [9.17, 15) is 18.4 Å². The number of nitriles is 1. The van der Waals surface area contributed by atoms with E-state index in [1.54, 1.807) is 23.1 Å². The third-order valence-corrected chi connectivity index (χ3v) is 5.79. The Balaban J connectivity index is 1.72. The van der Waals surface area contributed by atoms with E-state index in [1.807, 2.05) is 0 Å². The first kappa shape index (κ1) is 20.5. The molecule has 0 amide bonds. The molecule has 0 saturated carbocycles. The van der Waals surface area contributed by atoms with Crippen LogP contribution >= 0.6 is 23.2 Å². The quantitative estimate of drug-likeness (QED) is 0.551. The van der Waals surface area contributed by atoms with Crippen LogP contribution in [0.2, 0.25) is 10.0 Å². The van der Waals surface area contributed by atoms with Crippen molar-refractivity contribution in [3.63, 3.8) is 0 Å². The van der Waals surface area contributed by atoms with Crippen LogP contribution in [-0.4, -0.2) is 34.0 Å². The molecule has 3 aromatic rings. The minimum Gasteiger partial charge on any atom is -0.370 e. The standard InChI is InChI=1S/C20H14Cl2F3N5/c21-15-6-14(7-16(22)8-15)19(20(23,24)25)3-4-29(10-19)17-1-2-18(13(5-17)9-26)30-12-27-11-28-30/h1-2,5-8,11-12H,3-4,10H2/t19-/m0/s1. The number of anilines is 1. The lowest BCUT2D eigenvalue weighted by Gasteiger charge is -2.33. The van der Waals surface area contributed by atoms with E-state index in [-0.39, 0.29) is 40.7 Å². The summed E-state index contributed by atoms with van der Waals surface area (Å²) >= 11 is 12.0. The predicted octanol–water partition coefficient (Wildman–Crippen LogP) is 5.16. The number of hydrogen-bond donors (Lipinski definition) is 0. The zero-order valence-corrected chi connectivity index (χ0v) is 16.9. The molecule has 5 nitrogen and oxygen atoms in total. The summed E-state index contributed by atoms with van der Waals surface area (Å²) in [6, 6.07) is 11.0. The highest BCUT2D eigenvalue weighted by molar-refractivity contribution is 6.34. The summed E-state index contributed by atoms with van der Waals surface area (Å²) < 4.78 is 44.2. The van der Waals surface area contributed by atoms with Crippen molar-refractivity contribution in [2.75, 3.05) is 18.0 Å². The molecule has 1 atom stereocenters. The number of benzene rings is 2. The van der Waals surface area contributed by atoms with Crippen LogP contribution < -0.4 is 4.90 Å². The van der Waals surface area contributed by atoms with Gasteiger partial charge >= 0.3 is 6.18 Å². The molecule has 0 radical (unpaired) electrons. The minimum atomic E-state index is -4.51. The van der Waals surface area contributed by atoms with Gasteiger partial charge < -0.3 is 4.90 Å². The van der Waals surface area contributed by atoms with Crippen molar-refractivity contribution in [3.8, 4) is 11.8 Å². The summed E-state index contributed by atoms with van der Waals surface area (Å²) in [5.41, 5.74) is -0.766. The number of rotatable bonds is 3. The summed E-state index contributed by atoms with van der Waals surface area (Å²) in [6.45, 7) is -0.141. The fourth-order valence-corrected chi connectivity index (χ4v) is 4.36. The van der Waals surface area contributed by atoms with Crippen molar-refractivity contribution in [1.29, 1.82) is 5.26 Å². The third kappa shape index (κ3) is 3.48. The summed E-state index contributed by atoms with van der Waals surface area (Å²) in [5, 5.41) is 13.8. The summed E-state index contributed by atoms with van der Waals surface area (Å²) in [5.74, 6) is 0. The van der Waals surface area contributed by atoms with E-state index in [4.69, 9.17) is 23.2 Å². The van der Waals surface area contributed by atoms with Gasteiger partial charge in [0.25, 0.3) is 0 Å². The summed E-state index contributed by atoms with van der Waals surface area (Å²) in [6.07, 6.45) is -1.87. The molecule has 0 N–H and O–H groups in total. The molecule has 0 bridgehead atoms. The molecule has 1 aliphatic heterocycles. The van der Waals surface area contributed by atoms with Crippen LogP contribution in [0, 0.1) is 11.3 Å². The van der Waals surface area contributed by atoms with Crippen LogP contribution in [0.1, 0.15) is 17.5 Å². The summed E-state index contributed by atoms with van der Waals surface area (Å²) in [4.78, 5) is 5.47. The molecule has 1 fully saturated rings.